The van der Waals surface area contributed by atoms with Gasteiger partial charge in [0.15, 0.2) is 0 Å². The van der Waals surface area contributed by atoms with E-state index in [0.717, 1.165) is 10.6 Å². The summed E-state index contributed by atoms with van der Waals surface area (Å²) >= 11 is 13.3. The highest BCUT2D eigenvalue weighted by atomic mass is 35.5. The number of carbonyl (C=O) groups excluding carboxylic acids is 1. The molecule has 1 N–H and O–H groups in total. The largest absolute Gasteiger partial charge is 0.321 e. The fraction of sp³-hybridized carbons (Fsp3) is 0.0769. The maximum atomic E-state index is 12.2. The molecule has 0 aliphatic carbocycles. The van der Waals surface area contributed by atoms with Crippen molar-refractivity contribution in [2.24, 2.45) is 0 Å². The van der Waals surface area contributed by atoms with Crippen LogP contribution in [0.15, 0.2) is 41.4 Å². The first-order valence-electron chi connectivity index (χ1n) is 5.37. The van der Waals surface area contributed by atoms with E-state index in [2.05, 4.69) is 10.3 Å². The highest BCUT2D eigenvalue weighted by Gasteiger charge is 2.13. The fourth-order valence-corrected chi connectivity index (χ4v) is 2.43. The molecule has 1 aromatic carbocycles. The molecule has 0 bridgehead atoms. The molecular weight excluding hydrogens is 303 g/mol. The molecule has 0 aliphatic rings. The van der Waals surface area contributed by atoms with Gasteiger partial charge in [-0.15, -0.1) is 11.8 Å². The quantitative estimate of drug-likeness (QED) is 0.676. The van der Waals surface area contributed by atoms with Gasteiger partial charge in [0, 0.05) is 11.1 Å². The van der Waals surface area contributed by atoms with Crippen molar-refractivity contribution >= 4 is 46.6 Å². The lowest BCUT2D eigenvalue weighted by atomic mass is 10.2. The van der Waals surface area contributed by atoms with Crippen LogP contribution < -0.4 is 5.32 Å². The molecule has 0 radical (unpaired) electrons. The molecule has 0 unspecified atom stereocenters. The van der Waals surface area contributed by atoms with Crippen LogP contribution in [0.3, 0.4) is 0 Å². The van der Waals surface area contributed by atoms with E-state index in [9.17, 15) is 4.79 Å². The highest BCUT2D eigenvalue weighted by molar-refractivity contribution is 7.98. The molecule has 6 heteroatoms. The van der Waals surface area contributed by atoms with E-state index in [1.165, 1.54) is 12.3 Å². The van der Waals surface area contributed by atoms with Crippen LogP contribution in [-0.2, 0) is 0 Å². The topological polar surface area (TPSA) is 42.0 Å². The first-order chi connectivity index (χ1) is 9.11. The predicted molar refractivity (Wildman–Crippen MR) is 80.4 cm³/mol. The van der Waals surface area contributed by atoms with E-state index in [-0.39, 0.29) is 16.1 Å². The summed E-state index contributed by atoms with van der Waals surface area (Å²) in [6, 6.07) is 8.98. The Balaban J connectivity index is 2.28. The minimum atomic E-state index is -0.309. The number of hydrogen-bond donors (Lipinski definition) is 1. The number of para-hydroxylation sites is 1. The molecule has 1 amide bonds. The smallest absolute Gasteiger partial charge is 0.257 e. The number of halogens is 2. The Kier molecular flexibility index (Phi) is 4.69. The number of hydrogen-bond acceptors (Lipinski definition) is 3. The van der Waals surface area contributed by atoms with Gasteiger partial charge in [0.05, 0.1) is 16.3 Å². The molecule has 1 heterocycles. The van der Waals surface area contributed by atoms with Gasteiger partial charge in [-0.1, -0.05) is 35.3 Å². The number of carbonyl (C=O) groups is 1. The molecule has 3 nitrogen and oxygen atoms in total. The third kappa shape index (κ3) is 3.41. The Morgan fingerprint density at radius 1 is 1.32 bits per heavy atom. The van der Waals surface area contributed by atoms with Gasteiger partial charge in [-0.05, 0) is 24.5 Å². The number of nitrogens with zero attached hydrogens (tertiary/aromatic N) is 1. The van der Waals surface area contributed by atoms with Gasteiger partial charge in [0.2, 0.25) is 0 Å². The van der Waals surface area contributed by atoms with E-state index in [1.807, 2.05) is 30.5 Å². The average Bonchev–Trinajstić information content (AvgIpc) is 2.42. The number of aromatic nitrogens is 1. The molecule has 2 aromatic rings. The third-order valence-corrected chi connectivity index (χ3v) is 3.73. The Morgan fingerprint density at radius 3 is 2.79 bits per heavy atom. The third-order valence-electron chi connectivity index (χ3n) is 2.42. The number of thioether (sulfide) groups is 1. The van der Waals surface area contributed by atoms with E-state index in [4.69, 9.17) is 23.2 Å². The maximum Gasteiger partial charge on any atom is 0.257 e. The van der Waals surface area contributed by atoms with Gasteiger partial charge >= 0.3 is 0 Å². The monoisotopic (exact) mass is 312 g/mol. The zero-order valence-electron chi connectivity index (χ0n) is 9.98. The SMILES string of the molecule is CSc1ccccc1NC(=O)c1cc(Cl)ncc1Cl. The van der Waals surface area contributed by atoms with Crippen molar-refractivity contribution in [2.75, 3.05) is 11.6 Å². The van der Waals surface area contributed by atoms with Crippen molar-refractivity contribution < 1.29 is 4.79 Å². The van der Waals surface area contributed by atoms with Gasteiger partial charge in [-0.25, -0.2) is 4.98 Å². The summed E-state index contributed by atoms with van der Waals surface area (Å²) in [6.45, 7) is 0. The molecular formula is C13H10Cl2N2OS. The predicted octanol–water partition coefficient (Wildman–Crippen LogP) is 4.36. The summed E-state index contributed by atoms with van der Waals surface area (Å²) in [5, 5.41) is 3.31. The summed E-state index contributed by atoms with van der Waals surface area (Å²) in [6.07, 6.45) is 3.31. The maximum absolute atomic E-state index is 12.2. The Hall–Kier alpha value is -1.23. The second kappa shape index (κ2) is 6.28. The van der Waals surface area contributed by atoms with Crippen molar-refractivity contribution in [3.63, 3.8) is 0 Å². The minimum absolute atomic E-state index is 0.229. The first kappa shape index (κ1) is 14.2. The number of anilines is 1. The molecule has 0 saturated heterocycles. The van der Waals surface area contributed by atoms with Crippen LogP contribution in [0.5, 0.6) is 0 Å². The molecule has 0 spiro atoms. The van der Waals surface area contributed by atoms with Crippen molar-refractivity contribution in [2.45, 2.75) is 4.90 Å². The summed E-state index contributed by atoms with van der Waals surface area (Å²) < 4.78 is 0. The van der Waals surface area contributed by atoms with Gasteiger partial charge in [-0.2, -0.15) is 0 Å². The van der Waals surface area contributed by atoms with Crippen LogP contribution >= 0.6 is 35.0 Å². The minimum Gasteiger partial charge on any atom is -0.321 e. The first-order valence-corrected chi connectivity index (χ1v) is 7.35. The summed E-state index contributed by atoms with van der Waals surface area (Å²) in [7, 11) is 0. The van der Waals surface area contributed by atoms with Crippen molar-refractivity contribution in [1.29, 1.82) is 0 Å². The van der Waals surface area contributed by atoms with E-state index in [0.29, 0.717) is 5.56 Å². The molecule has 0 aliphatic heterocycles. The molecule has 0 fully saturated rings. The van der Waals surface area contributed by atoms with Crippen LogP contribution in [0.2, 0.25) is 10.2 Å². The summed E-state index contributed by atoms with van der Waals surface area (Å²) in [5.74, 6) is -0.309. The van der Waals surface area contributed by atoms with Gasteiger partial charge in [-0.3, -0.25) is 4.79 Å². The summed E-state index contributed by atoms with van der Waals surface area (Å²) in [4.78, 5) is 17.0. The number of amides is 1. The number of benzene rings is 1. The highest BCUT2D eigenvalue weighted by Crippen LogP contribution is 2.26. The molecule has 0 saturated carbocycles. The zero-order valence-corrected chi connectivity index (χ0v) is 12.3. The van der Waals surface area contributed by atoms with E-state index < -0.39 is 0 Å². The molecule has 0 atom stereocenters. The van der Waals surface area contributed by atoms with Crippen LogP contribution in [0.4, 0.5) is 5.69 Å². The molecule has 2 rings (SSSR count). The Labute approximate surface area is 125 Å². The lowest BCUT2D eigenvalue weighted by molar-refractivity contribution is 0.102. The second-order valence-electron chi connectivity index (χ2n) is 3.64. The van der Waals surface area contributed by atoms with E-state index >= 15 is 0 Å². The van der Waals surface area contributed by atoms with Crippen LogP contribution in [0.1, 0.15) is 10.4 Å². The summed E-state index contributed by atoms with van der Waals surface area (Å²) in [5.41, 5.74) is 1.04. The van der Waals surface area contributed by atoms with Gasteiger partial charge in [0.1, 0.15) is 5.15 Å². The van der Waals surface area contributed by atoms with Crippen molar-refractivity contribution in [1.82, 2.24) is 4.98 Å². The number of pyridine rings is 1. The molecule has 1 aromatic heterocycles. The Bertz CT molecular complexity index is 619. The lowest BCUT2D eigenvalue weighted by Crippen LogP contribution is -2.13. The normalized spacial score (nSPS) is 10.3. The molecule has 19 heavy (non-hydrogen) atoms. The van der Waals surface area contributed by atoms with Gasteiger partial charge in [0.25, 0.3) is 5.91 Å². The van der Waals surface area contributed by atoms with Gasteiger partial charge < -0.3 is 5.32 Å². The Morgan fingerprint density at radius 2 is 2.05 bits per heavy atom. The standard InChI is InChI=1S/C13H10Cl2N2OS/c1-19-11-5-3-2-4-10(11)17-13(18)8-6-12(15)16-7-9(8)14/h2-7H,1H3,(H,17,18). The van der Waals surface area contributed by atoms with E-state index in [1.54, 1.807) is 11.8 Å². The van der Waals surface area contributed by atoms with Crippen LogP contribution in [0, 0.1) is 0 Å². The van der Waals surface area contributed by atoms with Crippen LogP contribution in [0.25, 0.3) is 0 Å². The van der Waals surface area contributed by atoms with Crippen LogP contribution in [-0.4, -0.2) is 17.1 Å². The average molecular weight is 313 g/mol. The number of nitrogens with one attached hydrogen (secondary N) is 1. The zero-order chi connectivity index (χ0) is 13.8. The molecule has 98 valence electrons. The fourth-order valence-electron chi connectivity index (χ4n) is 1.52. The second-order valence-corrected chi connectivity index (χ2v) is 5.28. The lowest BCUT2D eigenvalue weighted by Gasteiger charge is -2.10. The van der Waals surface area contributed by atoms with Crippen molar-refractivity contribution in [3.8, 4) is 0 Å². The van der Waals surface area contributed by atoms with Crippen molar-refractivity contribution in [3.05, 3.63) is 52.3 Å². The number of rotatable bonds is 3.